The number of nitrogens with one attached hydrogen (secondary N) is 1. The van der Waals surface area contributed by atoms with E-state index in [-0.39, 0.29) is 55.9 Å². The second-order valence-corrected chi connectivity index (χ2v) is 8.36. The predicted octanol–water partition coefficient (Wildman–Crippen LogP) is 2.65. The zero-order valence-corrected chi connectivity index (χ0v) is 19.3. The second-order valence-electron chi connectivity index (χ2n) is 8.36. The SMILES string of the molecule is C=CCC(CC(=O)N1CCCC1CO)C(=O)NCCOC(=O)C(CC=C)Cc1ccccc1. The zero-order chi connectivity index (χ0) is 24.1. The Balaban J connectivity index is 1.79. The maximum atomic E-state index is 12.6. The molecule has 3 atom stereocenters. The Labute approximate surface area is 196 Å². The molecule has 0 radical (unpaired) electrons. The summed E-state index contributed by atoms with van der Waals surface area (Å²) in [5.41, 5.74) is 1.05. The van der Waals surface area contributed by atoms with E-state index < -0.39 is 5.92 Å². The summed E-state index contributed by atoms with van der Waals surface area (Å²) in [7, 11) is 0. The molecule has 0 saturated carbocycles. The molecular weight excluding hydrogens is 420 g/mol. The lowest BCUT2D eigenvalue weighted by molar-refractivity contribution is -0.148. The third-order valence-electron chi connectivity index (χ3n) is 5.91. The van der Waals surface area contributed by atoms with Gasteiger partial charge in [0.15, 0.2) is 0 Å². The normalized spacial score (nSPS) is 17.1. The predicted molar refractivity (Wildman–Crippen MR) is 127 cm³/mol. The number of carbonyl (C=O) groups is 3. The Morgan fingerprint density at radius 2 is 1.85 bits per heavy atom. The largest absolute Gasteiger partial charge is 0.464 e. The molecule has 1 heterocycles. The molecule has 0 spiro atoms. The highest BCUT2D eigenvalue weighted by Gasteiger charge is 2.31. The fraction of sp³-hybridized carbons (Fsp3) is 0.500. The highest BCUT2D eigenvalue weighted by Crippen LogP contribution is 2.21. The van der Waals surface area contributed by atoms with Crippen molar-refractivity contribution in [3.63, 3.8) is 0 Å². The average molecular weight is 457 g/mol. The number of amides is 2. The van der Waals surface area contributed by atoms with Crippen LogP contribution in [0.5, 0.6) is 0 Å². The monoisotopic (exact) mass is 456 g/mol. The van der Waals surface area contributed by atoms with Crippen molar-refractivity contribution >= 4 is 17.8 Å². The van der Waals surface area contributed by atoms with Crippen LogP contribution in [0.3, 0.4) is 0 Å². The summed E-state index contributed by atoms with van der Waals surface area (Å²) in [5.74, 6) is -1.60. The van der Waals surface area contributed by atoms with Gasteiger partial charge in [0, 0.05) is 13.0 Å². The molecule has 33 heavy (non-hydrogen) atoms. The maximum Gasteiger partial charge on any atom is 0.309 e. The first-order valence-corrected chi connectivity index (χ1v) is 11.6. The summed E-state index contributed by atoms with van der Waals surface area (Å²) < 4.78 is 5.39. The van der Waals surface area contributed by atoms with Crippen molar-refractivity contribution in [2.45, 2.75) is 44.6 Å². The van der Waals surface area contributed by atoms with Gasteiger partial charge in [-0.3, -0.25) is 14.4 Å². The van der Waals surface area contributed by atoms with Crippen LogP contribution in [-0.4, -0.2) is 60.1 Å². The second kappa shape index (κ2) is 14.3. The molecule has 0 bridgehead atoms. The summed E-state index contributed by atoms with van der Waals surface area (Å²) >= 11 is 0. The molecule has 1 aromatic rings. The minimum absolute atomic E-state index is 0.0560. The highest BCUT2D eigenvalue weighted by molar-refractivity contribution is 5.86. The van der Waals surface area contributed by atoms with Gasteiger partial charge in [0.25, 0.3) is 0 Å². The standard InChI is InChI=1S/C26H36N2O5/c1-3-9-21(18-24(30)28-15-8-13-23(28)19-29)25(31)27-14-16-33-26(32)22(10-4-2)17-20-11-6-5-7-12-20/h3-7,11-12,21-23,29H,1-2,8-10,13-19H2,(H,27,31). The van der Waals surface area contributed by atoms with Gasteiger partial charge in [0.2, 0.25) is 11.8 Å². The first-order valence-electron chi connectivity index (χ1n) is 11.6. The molecule has 3 unspecified atom stereocenters. The van der Waals surface area contributed by atoms with Crippen molar-refractivity contribution in [1.82, 2.24) is 10.2 Å². The van der Waals surface area contributed by atoms with Gasteiger partial charge < -0.3 is 20.1 Å². The molecule has 1 fully saturated rings. The molecule has 1 aromatic carbocycles. The van der Waals surface area contributed by atoms with E-state index in [1.54, 1.807) is 17.1 Å². The quantitative estimate of drug-likeness (QED) is 0.255. The third kappa shape index (κ3) is 8.50. The molecule has 180 valence electrons. The van der Waals surface area contributed by atoms with E-state index in [9.17, 15) is 19.5 Å². The Hall–Kier alpha value is -2.93. The van der Waals surface area contributed by atoms with Gasteiger partial charge in [-0.2, -0.15) is 0 Å². The lowest BCUT2D eigenvalue weighted by atomic mass is 9.96. The van der Waals surface area contributed by atoms with Crippen molar-refractivity contribution in [2.24, 2.45) is 11.8 Å². The first-order chi connectivity index (χ1) is 16.0. The van der Waals surface area contributed by atoms with Gasteiger partial charge in [0.1, 0.15) is 6.61 Å². The van der Waals surface area contributed by atoms with Crippen molar-refractivity contribution < 1.29 is 24.2 Å². The summed E-state index contributed by atoms with van der Waals surface area (Å²) in [5, 5.41) is 12.2. The van der Waals surface area contributed by atoms with Gasteiger partial charge in [-0.25, -0.2) is 0 Å². The first kappa shape index (κ1) is 26.3. The topological polar surface area (TPSA) is 95.9 Å². The number of hydrogen-bond donors (Lipinski definition) is 2. The van der Waals surface area contributed by atoms with E-state index >= 15 is 0 Å². The number of aliphatic hydroxyl groups excluding tert-OH is 1. The molecule has 1 saturated heterocycles. The fourth-order valence-electron chi connectivity index (χ4n) is 4.12. The average Bonchev–Trinajstić information content (AvgIpc) is 3.31. The smallest absolute Gasteiger partial charge is 0.309 e. The van der Waals surface area contributed by atoms with Crippen LogP contribution in [0.4, 0.5) is 0 Å². The van der Waals surface area contributed by atoms with Crippen molar-refractivity contribution in [3.05, 3.63) is 61.2 Å². The van der Waals surface area contributed by atoms with Crippen LogP contribution in [0.25, 0.3) is 0 Å². The summed E-state index contributed by atoms with van der Waals surface area (Å²) in [6, 6.07) is 9.56. The summed E-state index contributed by atoms with van der Waals surface area (Å²) in [4.78, 5) is 39.4. The molecule has 7 heteroatoms. The number of nitrogens with zero attached hydrogens (tertiary/aromatic N) is 1. The zero-order valence-electron chi connectivity index (χ0n) is 19.3. The van der Waals surface area contributed by atoms with Gasteiger partial charge in [-0.15, -0.1) is 13.2 Å². The minimum Gasteiger partial charge on any atom is -0.464 e. The lowest BCUT2D eigenvalue weighted by Crippen LogP contribution is -2.41. The number of likely N-dealkylation sites (tertiary alicyclic amines) is 1. The molecule has 1 aliphatic rings. The summed E-state index contributed by atoms with van der Waals surface area (Å²) in [6.45, 7) is 8.18. The number of ether oxygens (including phenoxy) is 1. The van der Waals surface area contributed by atoms with Crippen molar-refractivity contribution in [3.8, 4) is 0 Å². The molecule has 2 N–H and O–H groups in total. The fourth-order valence-corrected chi connectivity index (χ4v) is 4.12. The van der Waals surface area contributed by atoms with Gasteiger partial charge >= 0.3 is 5.97 Å². The Morgan fingerprint density at radius 3 is 2.52 bits per heavy atom. The molecule has 0 aromatic heterocycles. The molecule has 2 rings (SSSR count). The van der Waals surface area contributed by atoms with E-state index in [2.05, 4.69) is 18.5 Å². The minimum atomic E-state index is -0.544. The van der Waals surface area contributed by atoms with Crippen molar-refractivity contribution in [2.75, 3.05) is 26.3 Å². The van der Waals surface area contributed by atoms with Crippen LogP contribution in [0.1, 0.15) is 37.7 Å². The van der Waals surface area contributed by atoms with Gasteiger partial charge in [-0.1, -0.05) is 42.5 Å². The maximum absolute atomic E-state index is 12.6. The Kier molecular flexibility index (Phi) is 11.4. The van der Waals surface area contributed by atoms with E-state index in [1.807, 2.05) is 30.3 Å². The number of benzene rings is 1. The molecular formula is C26H36N2O5. The number of aliphatic hydroxyl groups is 1. The molecule has 0 aliphatic carbocycles. The van der Waals surface area contributed by atoms with E-state index in [0.717, 1.165) is 18.4 Å². The van der Waals surface area contributed by atoms with Crippen molar-refractivity contribution in [1.29, 1.82) is 0 Å². The van der Waals surface area contributed by atoms with Crippen LogP contribution in [-0.2, 0) is 25.5 Å². The molecule has 2 amide bonds. The molecule has 1 aliphatic heterocycles. The van der Waals surface area contributed by atoms with E-state index in [1.165, 1.54) is 0 Å². The Morgan fingerprint density at radius 1 is 1.15 bits per heavy atom. The van der Waals surface area contributed by atoms with Gasteiger partial charge in [0.05, 0.1) is 31.0 Å². The third-order valence-corrected chi connectivity index (χ3v) is 5.91. The summed E-state index contributed by atoms with van der Waals surface area (Å²) in [6.07, 6.45) is 6.46. The van der Waals surface area contributed by atoms with Crippen LogP contribution < -0.4 is 5.32 Å². The number of allylic oxidation sites excluding steroid dienone is 2. The number of carbonyl (C=O) groups excluding carboxylic acids is 3. The van der Waals surface area contributed by atoms with Crippen LogP contribution in [0, 0.1) is 11.8 Å². The number of rotatable bonds is 14. The highest BCUT2D eigenvalue weighted by atomic mass is 16.5. The van der Waals surface area contributed by atoms with E-state index in [4.69, 9.17) is 4.74 Å². The number of hydrogen-bond acceptors (Lipinski definition) is 5. The van der Waals surface area contributed by atoms with Crippen LogP contribution in [0.2, 0.25) is 0 Å². The lowest BCUT2D eigenvalue weighted by Gasteiger charge is -2.25. The van der Waals surface area contributed by atoms with E-state index in [0.29, 0.717) is 25.8 Å². The number of esters is 1. The van der Waals surface area contributed by atoms with Crippen LogP contribution in [0.15, 0.2) is 55.6 Å². The van der Waals surface area contributed by atoms with Gasteiger partial charge in [-0.05, 0) is 37.7 Å². The molecule has 7 nitrogen and oxygen atoms in total. The Bertz CT molecular complexity index is 795. The van der Waals surface area contributed by atoms with Crippen LogP contribution >= 0.6 is 0 Å².